The zero-order chi connectivity index (χ0) is 15.5. The Balaban J connectivity index is 2.11. The van der Waals surface area contributed by atoms with Gasteiger partial charge in [-0.25, -0.2) is 0 Å². The van der Waals surface area contributed by atoms with Crippen LogP contribution < -0.4 is 5.32 Å². The van der Waals surface area contributed by atoms with E-state index in [0.29, 0.717) is 19.1 Å². The number of nitrogens with one attached hydrogen (secondary N) is 1. The largest absolute Gasteiger partial charge is 0.389 e. The monoisotopic (exact) mass is 313 g/mol. The number of aliphatic hydroxyl groups excluding tert-OH is 1. The van der Waals surface area contributed by atoms with Crippen LogP contribution >= 0.6 is 11.3 Å². The molecule has 0 saturated carbocycles. The summed E-state index contributed by atoms with van der Waals surface area (Å²) in [5, 5.41) is 15.4. The summed E-state index contributed by atoms with van der Waals surface area (Å²) in [4.78, 5) is 1.30. The van der Waals surface area contributed by atoms with E-state index < -0.39 is 6.10 Å². The smallest absolute Gasteiger partial charge is 0.0897 e. The van der Waals surface area contributed by atoms with Gasteiger partial charge in [-0.15, -0.1) is 11.3 Å². The highest BCUT2D eigenvalue weighted by molar-refractivity contribution is 7.10. The van der Waals surface area contributed by atoms with E-state index >= 15 is 0 Å². The fraction of sp³-hybridized carbons (Fsp3) is 0.765. The van der Waals surface area contributed by atoms with Gasteiger partial charge in [0, 0.05) is 24.1 Å². The van der Waals surface area contributed by atoms with E-state index in [9.17, 15) is 5.11 Å². The van der Waals surface area contributed by atoms with Crippen molar-refractivity contribution in [1.82, 2.24) is 5.32 Å². The lowest BCUT2D eigenvalue weighted by molar-refractivity contribution is 0.0185. The molecule has 21 heavy (non-hydrogen) atoms. The normalized spacial score (nSPS) is 15.8. The van der Waals surface area contributed by atoms with Crippen molar-refractivity contribution in [2.45, 2.75) is 58.6 Å². The Labute approximate surface area is 133 Å². The van der Waals surface area contributed by atoms with Gasteiger partial charge in [0.05, 0.1) is 12.7 Å². The third-order valence-electron chi connectivity index (χ3n) is 3.84. The van der Waals surface area contributed by atoms with E-state index in [1.807, 2.05) is 0 Å². The summed E-state index contributed by atoms with van der Waals surface area (Å²) in [6.45, 7) is 8.32. The van der Waals surface area contributed by atoms with Gasteiger partial charge in [0.2, 0.25) is 0 Å². The van der Waals surface area contributed by atoms with Crippen LogP contribution in [0.4, 0.5) is 0 Å². The van der Waals surface area contributed by atoms with Gasteiger partial charge in [-0.05, 0) is 30.7 Å². The first kappa shape index (κ1) is 18.6. The molecule has 2 unspecified atom stereocenters. The number of ether oxygens (including phenoxy) is 1. The second kappa shape index (κ2) is 11.2. The van der Waals surface area contributed by atoms with Crippen molar-refractivity contribution in [3.63, 3.8) is 0 Å². The highest BCUT2D eigenvalue weighted by Crippen LogP contribution is 2.18. The highest BCUT2D eigenvalue weighted by Gasteiger charge is 2.11. The molecule has 1 aromatic heterocycles. The quantitative estimate of drug-likeness (QED) is 0.613. The summed E-state index contributed by atoms with van der Waals surface area (Å²) >= 11 is 1.74. The van der Waals surface area contributed by atoms with Crippen LogP contribution in [0.2, 0.25) is 0 Å². The molecule has 0 radical (unpaired) electrons. The average Bonchev–Trinajstić information content (AvgIpc) is 3.02. The van der Waals surface area contributed by atoms with Crippen molar-refractivity contribution in [1.29, 1.82) is 0 Å². The lowest BCUT2D eigenvalue weighted by atomic mass is 10.0. The van der Waals surface area contributed by atoms with Gasteiger partial charge in [0.15, 0.2) is 0 Å². The van der Waals surface area contributed by atoms with Crippen LogP contribution in [0, 0.1) is 5.92 Å². The van der Waals surface area contributed by atoms with Crippen molar-refractivity contribution in [3.8, 4) is 0 Å². The molecule has 0 amide bonds. The lowest BCUT2D eigenvalue weighted by Crippen LogP contribution is -2.32. The SMILES string of the molecule is CCCCC(CC)COCC(O)CN[C@H](C)c1cccs1. The minimum Gasteiger partial charge on any atom is -0.389 e. The molecular formula is C17H31NO2S. The van der Waals surface area contributed by atoms with Crippen LogP contribution in [0.3, 0.4) is 0 Å². The molecule has 0 aliphatic heterocycles. The Bertz CT molecular complexity index is 343. The zero-order valence-corrected chi connectivity index (χ0v) is 14.5. The van der Waals surface area contributed by atoms with E-state index in [1.54, 1.807) is 11.3 Å². The number of unbranched alkanes of at least 4 members (excludes halogenated alkanes) is 1. The summed E-state index contributed by atoms with van der Waals surface area (Å²) in [6, 6.07) is 4.46. The fourth-order valence-corrected chi connectivity index (χ4v) is 3.04. The van der Waals surface area contributed by atoms with Crippen molar-refractivity contribution in [2.75, 3.05) is 19.8 Å². The molecule has 1 rings (SSSR count). The molecule has 0 bridgehead atoms. The Morgan fingerprint density at radius 3 is 2.76 bits per heavy atom. The van der Waals surface area contributed by atoms with Crippen LogP contribution in [0.5, 0.6) is 0 Å². The van der Waals surface area contributed by atoms with Crippen molar-refractivity contribution >= 4 is 11.3 Å². The molecule has 0 aromatic carbocycles. The van der Waals surface area contributed by atoms with Gasteiger partial charge < -0.3 is 15.2 Å². The van der Waals surface area contributed by atoms with Gasteiger partial charge >= 0.3 is 0 Å². The van der Waals surface area contributed by atoms with Crippen molar-refractivity contribution in [2.24, 2.45) is 5.92 Å². The summed E-state index contributed by atoms with van der Waals surface area (Å²) in [5.41, 5.74) is 0. The molecule has 1 heterocycles. The molecule has 3 atom stereocenters. The lowest BCUT2D eigenvalue weighted by Gasteiger charge is -2.18. The average molecular weight is 314 g/mol. The molecule has 0 spiro atoms. The molecular weight excluding hydrogens is 282 g/mol. The molecule has 2 N–H and O–H groups in total. The minimum atomic E-state index is -0.434. The first-order valence-electron chi connectivity index (χ1n) is 8.19. The van der Waals surface area contributed by atoms with E-state index in [4.69, 9.17) is 4.74 Å². The van der Waals surface area contributed by atoms with Crippen molar-refractivity contribution in [3.05, 3.63) is 22.4 Å². The summed E-state index contributed by atoms with van der Waals surface area (Å²) in [7, 11) is 0. The number of hydrogen-bond donors (Lipinski definition) is 2. The van der Waals surface area contributed by atoms with Gasteiger partial charge in [-0.3, -0.25) is 0 Å². The molecule has 122 valence electrons. The van der Waals surface area contributed by atoms with Crippen molar-refractivity contribution < 1.29 is 9.84 Å². The first-order chi connectivity index (χ1) is 10.2. The summed E-state index contributed by atoms with van der Waals surface area (Å²) in [6.07, 6.45) is 4.46. The Morgan fingerprint density at radius 1 is 1.33 bits per heavy atom. The topological polar surface area (TPSA) is 41.5 Å². The molecule has 0 aliphatic rings. The second-order valence-corrected chi connectivity index (χ2v) is 6.73. The van der Waals surface area contributed by atoms with Gasteiger partial charge in [0.25, 0.3) is 0 Å². The molecule has 0 fully saturated rings. The van der Waals surface area contributed by atoms with E-state index in [2.05, 4.69) is 43.6 Å². The highest BCUT2D eigenvalue weighted by atomic mass is 32.1. The first-order valence-corrected chi connectivity index (χ1v) is 9.07. The maximum absolute atomic E-state index is 9.97. The van der Waals surface area contributed by atoms with Crippen LogP contribution in [0.25, 0.3) is 0 Å². The third-order valence-corrected chi connectivity index (χ3v) is 4.89. The summed E-state index contributed by atoms with van der Waals surface area (Å²) in [5.74, 6) is 0.634. The minimum absolute atomic E-state index is 0.285. The molecule has 0 aliphatic carbocycles. The van der Waals surface area contributed by atoms with Crippen LogP contribution in [-0.2, 0) is 4.74 Å². The molecule has 4 heteroatoms. The number of rotatable bonds is 12. The predicted octanol–water partition coefficient (Wildman–Crippen LogP) is 3.99. The number of hydrogen-bond acceptors (Lipinski definition) is 4. The van der Waals surface area contributed by atoms with Crippen LogP contribution in [0.1, 0.15) is 57.4 Å². The van der Waals surface area contributed by atoms with E-state index in [1.165, 1.54) is 24.1 Å². The fourth-order valence-electron chi connectivity index (χ4n) is 2.28. The molecule has 1 aromatic rings. The number of aliphatic hydroxyl groups is 1. The second-order valence-electron chi connectivity index (χ2n) is 5.75. The number of thiophene rings is 1. The standard InChI is InChI=1S/C17H31NO2S/c1-4-6-8-15(5-2)12-20-13-16(19)11-18-14(3)17-9-7-10-21-17/h7,9-10,14-16,18-19H,4-6,8,11-13H2,1-3H3/t14-,15?,16?/m1/s1. The Hall–Kier alpha value is -0.420. The maximum atomic E-state index is 9.97. The summed E-state index contributed by atoms with van der Waals surface area (Å²) < 4.78 is 5.68. The van der Waals surface area contributed by atoms with Crippen LogP contribution in [0.15, 0.2) is 17.5 Å². The van der Waals surface area contributed by atoms with Gasteiger partial charge in [0.1, 0.15) is 0 Å². The molecule has 3 nitrogen and oxygen atoms in total. The van der Waals surface area contributed by atoms with Gasteiger partial charge in [-0.1, -0.05) is 39.2 Å². The predicted molar refractivity (Wildman–Crippen MR) is 90.9 cm³/mol. The zero-order valence-electron chi connectivity index (χ0n) is 13.7. The Morgan fingerprint density at radius 2 is 2.14 bits per heavy atom. The third kappa shape index (κ3) is 7.96. The molecule has 0 saturated heterocycles. The maximum Gasteiger partial charge on any atom is 0.0897 e. The van der Waals surface area contributed by atoms with Gasteiger partial charge in [-0.2, -0.15) is 0 Å². The van der Waals surface area contributed by atoms with E-state index in [-0.39, 0.29) is 6.04 Å². The van der Waals surface area contributed by atoms with Crippen LogP contribution in [-0.4, -0.2) is 31.0 Å². The Kier molecular flexibility index (Phi) is 9.92. The van der Waals surface area contributed by atoms with E-state index in [0.717, 1.165) is 13.0 Å².